The predicted molar refractivity (Wildman–Crippen MR) is 75.7 cm³/mol. The highest BCUT2D eigenvalue weighted by Crippen LogP contribution is 2.17. The molecule has 1 unspecified atom stereocenters. The number of benzene rings is 1. The second-order valence-corrected chi connectivity index (χ2v) is 5.01. The molecular weight excluding hydrogens is 257 g/mol. The third-order valence-electron chi connectivity index (χ3n) is 3.40. The van der Waals surface area contributed by atoms with Gasteiger partial charge in [0.25, 0.3) is 0 Å². The highest BCUT2D eigenvalue weighted by molar-refractivity contribution is 5.37. The van der Waals surface area contributed by atoms with Gasteiger partial charge in [-0.2, -0.15) is 0 Å². The molecule has 0 amide bonds. The maximum absolute atomic E-state index is 13.6. The molecule has 1 aromatic rings. The maximum atomic E-state index is 13.6. The number of ether oxygens (including phenoxy) is 1. The molecule has 0 bridgehead atoms. The van der Waals surface area contributed by atoms with E-state index >= 15 is 0 Å². The van der Waals surface area contributed by atoms with E-state index < -0.39 is 0 Å². The minimum atomic E-state index is -0.265. The van der Waals surface area contributed by atoms with E-state index in [0.717, 1.165) is 25.1 Å². The van der Waals surface area contributed by atoms with E-state index in [1.165, 1.54) is 6.07 Å². The lowest BCUT2D eigenvalue weighted by Gasteiger charge is -2.15. The van der Waals surface area contributed by atoms with Crippen molar-refractivity contribution in [2.24, 2.45) is 0 Å². The number of rotatable bonds is 4. The zero-order valence-electron chi connectivity index (χ0n) is 11.7. The van der Waals surface area contributed by atoms with E-state index in [0.29, 0.717) is 18.5 Å². The smallest absolute Gasteiger partial charge is 0.124 e. The summed E-state index contributed by atoms with van der Waals surface area (Å²) in [5.74, 6) is 5.43. The van der Waals surface area contributed by atoms with Crippen molar-refractivity contribution in [3.05, 3.63) is 35.1 Å². The van der Waals surface area contributed by atoms with Crippen LogP contribution in [0.15, 0.2) is 18.2 Å². The Morgan fingerprint density at radius 2 is 2.30 bits per heavy atom. The van der Waals surface area contributed by atoms with Crippen LogP contribution in [0.3, 0.4) is 0 Å². The highest BCUT2D eigenvalue weighted by atomic mass is 19.1. The summed E-state index contributed by atoms with van der Waals surface area (Å²) in [6, 6.07) is 4.89. The summed E-state index contributed by atoms with van der Waals surface area (Å²) >= 11 is 0. The fraction of sp³-hybridized carbons (Fsp3) is 0.500. The van der Waals surface area contributed by atoms with Gasteiger partial charge in [0.2, 0.25) is 0 Å². The van der Waals surface area contributed by atoms with Gasteiger partial charge in [0, 0.05) is 38.7 Å². The molecule has 0 aliphatic carbocycles. The molecular formula is C16H20FNO2. The Balaban J connectivity index is 2.03. The minimum Gasteiger partial charge on any atom is -0.395 e. The Morgan fingerprint density at radius 3 is 3.00 bits per heavy atom. The van der Waals surface area contributed by atoms with E-state index in [9.17, 15) is 4.39 Å². The van der Waals surface area contributed by atoms with Crippen LogP contribution >= 0.6 is 0 Å². The van der Waals surface area contributed by atoms with Crippen molar-refractivity contribution in [1.29, 1.82) is 0 Å². The SMILES string of the molecule is COC1CCN(Cc2cc(F)cc(C#CCCO)c2)C1. The van der Waals surface area contributed by atoms with Crippen LogP contribution < -0.4 is 0 Å². The number of methoxy groups -OCH3 is 1. The largest absolute Gasteiger partial charge is 0.395 e. The first kappa shape index (κ1) is 15.0. The van der Waals surface area contributed by atoms with Gasteiger partial charge < -0.3 is 9.84 Å². The number of hydrogen-bond donors (Lipinski definition) is 1. The van der Waals surface area contributed by atoms with Crippen LogP contribution in [0.1, 0.15) is 24.0 Å². The zero-order valence-corrected chi connectivity index (χ0v) is 11.7. The third-order valence-corrected chi connectivity index (χ3v) is 3.40. The van der Waals surface area contributed by atoms with Crippen molar-refractivity contribution in [2.75, 3.05) is 26.8 Å². The van der Waals surface area contributed by atoms with Gasteiger partial charge in [-0.15, -0.1) is 0 Å². The molecule has 1 aliphatic rings. The zero-order chi connectivity index (χ0) is 14.4. The van der Waals surface area contributed by atoms with E-state index in [1.807, 2.05) is 6.07 Å². The molecule has 1 heterocycles. The molecule has 3 nitrogen and oxygen atoms in total. The number of hydrogen-bond acceptors (Lipinski definition) is 3. The number of aliphatic hydroxyl groups is 1. The average molecular weight is 277 g/mol. The van der Waals surface area contributed by atoms with Crippen molar-refractivity contribution in [3.8, 4) is 11.8 Å². The maximum Gasteiger partial charge on any atom is 0.124 e. The summed E-state index contributed by atoms with van der Waals surface area (Å²) in [6.07, 6.45) is 1.72. The number of halogens is 1. The first-order valence-electron chi connectivity index (χ1n) is 6.85. The van der Waals surface area contributed by atoms with Crippen LogP contribution in [-0.4, -0.2) is 42.9 Å². The molecule has 1 aromatic carbocycles. The van der Waals surface area contributed by atoms with Crippen molar-refractivity contribution < 1.29 is 14.2 Å². The van der Waals surface area contributed by atoms with Gasteiger partial charge >= 0.3 is 0 Å². The van der Waals surface area contributed by atoms with Crippen molar-refractivity contribution in [3.63, 3.8) is 0 Å². The lowest BCUT2D eigenvalue weighted by atomic mass is 10.1. The van der Waals surface area contributed by atoms with Gasteiger partial charge in [-0.3, -0.25) is 4.90 Å². The summed E-state index contributed by atoms with van der Waals surface area (Å²) in [4.78, 5) is 2.26. The van der Waals surface area contributed by atoms with Crippen LogP contribution in [0.25, 0.3) is 0 Å². The molecule has 1 saturated heterocycles. The highest BCUT2D eigenvalue weighted by Gasteiger charge is 2.21. The normalized spacial score (nSPS) is 18.9. The molecule has 0 radical (unpaired) electrons. The fourth-order valence-electron chi connectivity index (χ4n) is 2.43. The summed E-state index contributed by atoms with van der Waals surface area (Å²) < 4.78 is 18.9. The Labute approximate surface area is 119 Å². The number of aliphatic hydroxyl groups excluding tert-OH is 1. The molecule has 0 saturated carbocycles. The lowest BCUT2D eigenvalue weighted by Crippen LogP contribution is -2.22. The monoisotopic (exact) mass is 277 g/mol. The van der Waals surface area contributed by atoms with E-state index in [2.05, 4.69) is 16.7 Å². The lowest BCUT2D eigenvalue weighted by molar-refractivity contribution is 0.107. The van der Waals surface area contributed by atoms with Gasteiger partial charge in [0.15, 0.2) is 0 Å². The Kier molecular flexibility index (Phi) is 5.54. The van der Waals surface area contributed by atoms with Gasteiger partial charge in [-0.25, -0.2) is 4.39 Å². The Morgan fingerprint density at radius 1 is 1.45 bits per heavy atom. The van der Waals surface area contributed by atoms with E-state index in [-0.39, 0.29) is 18.5 Å². The number of likely N-dealkylation sites (tertiary alicyclic amines) is 1. The van der Waals surface area contributed by atoms with E-state index in [1.54, 1.807) is 13.2 Å². The topological polar surface area (TPSA) is 32.7 Å². The summed E-state index contributed by atoms with van der Waals surface area (Å²) in [5.41, 5.74) is 1.59. The summed E-state index contributed by atoms with van der Waals surface area (Å²) in [5, 5.41) is 8.70. The van der Waals surface area contributed by atoms with Crippen LogP contribution in [-0.2, 0) is 11.3 Å². The Hall–Kier alpha value is -1.41. The Bertz CT molecular complexity index is 507. The second-order valence-electron chi connectivity index (χ2n) is 5.01. The molecule has 1 fully saturated rings. The molecule has 0 spiro atoms. The summed E-state index contributed by atoms with van der Waals surface area (Å²) in [6.45, 7) is 2.60. The molecule has 0 aromatic heterocycles. The molecule has 4 heteroatoms. The molecule has 2 rings (SSSR count). The van der Waals surface area contributed by atoms with Crippen LogP contribution in [0.5, 0.6) is 0 Å². The van der Waals surface area contributed by atoms with E-state index in [4.69, 9.17) is 9.84 Å². The first-order chi connectivity index (χ1) is 9.71. The van der Waals surface area contributed by atoms with Gasteiger partial charge in [0.1, 0.15) is 5.82 Å². The molecule has 1 N–H and O–H groups in total. The van der Waals surface area contributed by atoms with Crippen molar-refractivity contribution in [2.45, 2.75) is 25.5 Å². The summed E-state index contributed by atoms with van der Waals surface area (Å²) in [7, 11) is 1.73. The molecule has 108 valence electrons. The van der Waals surface area contributed by atoms with Gasteiger partial charge in [-0.05, 0) is 30.2 Å². The van der Waals surface area contributed by atoms with Gasteiger partial charge in [0.05, 0.1) is 12.7 Å². The van der Waals surface area contributed by atoms with Gasteiger partial charge in [-0.1, -0.05) is 11.8 Å². The van der Waals surface area contributed by atoms with Crippen LogP contribution in [0, 0.1) is 17.7 Å². The first-order valence-corrected chi connectivity index (χ1v) is 6.85. The predicted octanol–water partition coefficient (Wildman–Crippen LogP) is 1.78. The van der Waals surface area contributed by atoms with Crippen LogP contribution in [0.2, 0.25) is 0 Å². The minimum absolute atomic E-state index is 0.0291. The van der Waals surface area contributed by atoms with Crippen molar-refractivity contribution in [1.82, 2.24) is 4.90 Å². The molecule has 1 atom stereocenters. The fourth-order valence-corrected chi connectivity index (χ4v) is 2.43. The quantitative estimate of drug-likeness (QED) is 0.852. The second kappa shape index (κ2) is 7.39. The molecule has 1 aliphatic heterocycles. The standard InChI is InChI=1S/C16H20FNO2/c1-20-16-5-6-18(12-16)11-14-8-13(4-2-3-7-19)9-15(17)10-14/h8-10,16,19H,3,5-7,11-12H2,1H3. The number of nitrogens with zero attached hydrogens (tertiary/aromatic N) is 1. The molecule has 20 heavy (non-hydrogen) atoms. The van der Waals surface area contributed by atoms with Crippen molar-refractivity contribution >= 4 is 0 Å². The van der Waals surface area contributed by atoms with Crippen LogP contribution in [0.4, 0.5) is 4.39 Å². The third kappa shape index (κ3) is 4.31. The average Bonchev–Trinajstić information content (AvgIpc) is 2.86.